The number of aliphatic carboxylic acids is 1. The smallest absolute Gasteiger partial charge is 0.357 e. The van der Waals surface area contributed by atoms with Crippen LogP contribution >= 0.6 is 0 Å². The van der Waals surface area contributed by atoms with Crippen LogP contribution in [0.4, 0.5) is 0 Å². The highest BCUT2D eigenvalue weighted by atomic mass is 16.4. The zero-order valence-corrected chi connectivity index (χ0v) is 18.1. The van der Waals surface area contributed by atoms with Gasteiger partial charge in [0.05, 0.1) is 0 Å². The van der Waals surface area contributed by atoms with E-state index in [2.05, 4.69) is 6.92 Å². The van der Waals surface area contributed by atoms with Crippen LogP contribution in [-0.4, -0.2) is 39.3 Å². The van der Waals surface area contributed by atoms with Gasteiger partial charge in [-0.05, 0) is 12.8 Å². The molecule has 0 saturated carbocycles. The minimum atomic E-state index is -1.98. The zero-order chi connectivity index (χ0) is 20.7. The van der Waals surface area contributed by atoms with E-state index in [9.17, 15) is 14.7 Å². The number of rotatable bonds is 17. The lowest BCUT2D eigenvalue weighted by atomic mass is 10.0. The first-order valence-corrected chi connectivity index (χ1v) is 11.8. The maximum absolute atomic E-state index is 12.2. The van der Waals surface area contributed by atoms with Gasteiger partial charge in [-0.3, -0.25) is 4.79 Å². The third-order valence-electron chi connectivity index (χ3n) is 5.99. The van der Waals surface area contributed by atoms with Crippen LogP contribution < -0.4 is 0 Å². The van der Waals surface area contributed by atoms with Gasteiger partial charge in [-0.25, -0.2) is 4.79 Å². The Kier molecular flexibility index (Phi) is 13.2. The molecule has 0 aromatic heterocycles. The summed E-state index contributed by atoms with van der Waals surface area (Å²) in [6.45, 7) is 2.61. The minimum absolute atomic E-state index is 0.132. The molecule has 1 unspecified atom stereocenters. The lowest BCUT2D eigenvalue weighted by molar-refractivity contribution is -0.182. The molecular formula is C23H43NO4. The van der Waals surface area contributed by atoms with Crippen molar-refractivity contribution in [3.63, 3.8) is 0 Å². The average Bonchev–Trinajstić information content (AvgIpc) is 3.08. The minimum Gasteiger partial charge on any atom is -0.478 e. The summed E-state index contributed by atoms with van der Waals surface area (Å²) >= 11 is 0. The first-order valence-electron chi connectivity index (χ1n) is 11.8. The lowest BCUT2D eigenvalue weighted by Gasteiger charge is -2.29. The van der Waals surface area contributed by atoms with Crippen molar-refractivity contribution in [1.29, 1.82) is 0 Å². The number of carbonyl (C=O) groups excluding carboxylic acids is 1. The largest absolute Gasteiger partial charge is 0.478 e. The molecular weight excluding hydrogens is 354 g/mol. The van der Waals surface area contributed by atoms with Gasteiger partial charge in [0.15, 0.2) is 0 Å². The summed E-state index contributed by atoms with van der Waals surface area (Å²) in [6.07, 6.45) is 20.1. The number of carboxylic acids is 1. The number of nitrogens with zero attached hydrogens (tertiary/aromatic N) is 1. The van der Waals surface area contributed by atoms with Crippen molar-refractivity contribution in [2.45, 2.75) is 128 Å². The van der Waals surface area contributed by atoms with Crippen molar-refractivity contribution in [3.8, 4) is 0 Å². The van der Waals surface area contributed by atoms with Gasteiger partial charge in [0.25, 0.3) is 0 Å². The Morgan fingerprint density at radius 1 is 0.786 bits per heavy atom. The molecule has 5 heteroatoms. The topological polar surface area (TPSA) is 77.8 Å². The molecule has 28 heavy (non-hydrogen) atoms. The normalized spacial score (nSPS) is 19.3. The molecule has 1 rings (SSSR count). The predicted octanol–water partition coefficient (Wildman–Crippen LogP) is 5.64. The molecule has 0 spiro atoms. The third kappa shape index (κ3) is 9.40. The van der Waals surface area contributed by atoms with Gasteiger partial charge in [0, 0.05) is 19.4 Å². The van der Waals surface area contributed by atoms with Crippen molar-refractivity contribution < 1.29 is 19.8 Å². The van der Waals surface area contributed by atoms with Crippen LogP contribution in [0.5, 0.6) is 0 Å². The zero-order valence-electron chi connectivity index (χ0n) is 18.1. The maximum Gasteiger partial charge on any atom is 0.357 e. The van der Waals surface area contributed by atoms with Crippen LogP contribution in [0, 0.1) is 0 Å². The Hall–Kier alpha value is -1.10. The average molecular weight is 398 g/mol. The van der Waals surface area contributed by atoms with Crippen LogP contribution in [0.1, 0.15) is 122 Å². The number of carboxylic acid groups (broad SMARTS) is 1. The molecule has 0 bridgehead atoms. The van der Waals surface area contributed by atoms with Gasteiger partial charge in [-0.2, -0.15) is 0 Å². The Balaban J connectivity index is 1.90. The molecule has 1 heterocycles. The number of likely N-dealkylation sites (tertiary alicyclic amines) is 1. The van der Waals surface area contributed by atoms with Crippen LogP contribution in [0.3, 0.4) is 0 Å². The van der Waals surface area contributed by atoms with E-state index >= 15 is 0 Å². The van der Waals surface area contributed by atoms with Gasteiger partial charge in [0.1, 0.15) is 0 Å². The van der Waals surface area contributed by atoms with E-state index in [0.29, 0.717) is 19.4 Å². The van der Waals surface area contributed by atoms with Gasteiger partial charge < -0.3 is 15.1 Å². The number of hydrogen-bond donors (Lipinski definition) is 2. The fourth-order valence-corrected chi connectivity index (χ4v) is 4.14. The second-order valence-corrected chi connectivity index (χ2v) is 8.47. The van der Waals surface area contributed by atoms with E-state index in [-0.39, 0.29) is 12.3 Å². The molecule has 0 aromatic carbocycles. The van der Waals surface area contributed by atoms with Crippen LogP contribution in [0.2, 0.25) is 0 Å². The summed E-state index contributed by atoms with van der Waals surface area (Å²) in [5.41, 5.74) is -1.98. The first kappa shape index (κ1) is 24.9. The number of aliphatic hydroxyl groups is 1. The SMILES string of the molecule is CCCCCCCCCCCCCCCCCC(=O)N1CCCC1(O)C(=O)O. The van der Waals surface area contributed by atoms with Gasteiger partial charge >= 0.3 is 5.97 Å². The van der Waals surface area contributed by atoms with Gasteiger partial charge in [-0.15, -0.1) is 0 Å². The summed E-state index contributed by atoms with van der Waals surface area (Å²) in [6, 6.07) is 0. The highest BCUT2D eigenvalue weighted by Gasteiger charge is 2.48. The first-order chi connectivity index (χ1) is 13.5. The molecule has 1 atom stereocenters. The molecule has 1 fully saturated rings. The summed E-state index contributed by atoms with van der Waals surface area (Å²) in [5, 5.41) is 19.3. The molecule has 0 aromatic rings. The Labute approximate surface area is 171 Å². The predicted molar refractivity (Wildman–Crippen MR) is 113 cm³/mol. The van der Waals surface area contributed by atoms with E-state index in [0.717, 1.165) is 24.2 Å². The maximum atomic E-state index is 12.2. The van der Waals surface area contributed by atoms with E-state index in [1.165, 1.54) is 77.0 Å². The fourth-order valence-electron chi connectivity index (χ4n) is 4.14. The fraction of sp³-hybridized carbons (Fsp3) is 0.913. The molecule has 0 aliphatic carbocycles. The highest BCUT2D eigenvalue weighted by Crippen LogP contribution is 2.28. The van der Waals surface area contributed by atoms with Crippen molar-refractivity contribution in [2.24, 2.45) is 0 Å². The summed E-state index contributed by atoms with van der Waals surface area (Å²) in [4.78, 5) is 24.6. The van der Waals surface area contributed by atoms with E-state index in [1.54, 1.807) is 0 Å². The molecule has 1 aliphatic heterocycles. The van der Waals surface area contributed by atoms with Gasteiger partial charge in [-0.1, -0.05) is 96.8 Å². The van der Waals surface area contributed by atoms with Crippen molar-refractivity contribution in [3.05, 3.63) is 0 Å². The molecule has 164 valence electrons. The molecule has 1 amide bonds. The lowest BCUT2D eigenvalue weighted by Crippen LogP contribution is -2.53. The Morgan fingerprint density at radius 3 is 1.64 bits per heavy atom. The summed E-state index contributed by atoms with van der Waals surface area (Å²) in [5.74, 6) is -1.54. The van der Waals surface area contributed by atoms with E-state index in [4.69, 9.17) is 5.11 Å². The second-order valence-electron chi connectivity index (χ2n) is 8.47. The Bertz CT molecular complexity index is 440. The number of unbranched alkanes of at least 4 members (excludes halogenated alkanes) is 14. The second kappa shape index (κ2) is 14.8. The molecule has 2 N–H and O–H groups in total. The molecule has 1 aliphatic rings. The molecule has 5 nitrogen and oxygen atoms in total. The van der Waals surface area contributed by atoms with Crippen molar-refractivity contribution in [2.75, 3.05) is 6.54 Å². The Morgan fingerprint density at radius 2 is 1.21 bits per heavy atom. The summed E-state index contributed by atoms with van der Waals surface area (Å²) in [7, 11) is 0. The quantitative estimate of drug-likeness (QED) is 0.311. The van der Waals surface area contributed by atoms with E-state index < -0.39 is 11.7 Å². The van der Waals surface area contributed by atoms with Crippen molar-refractivity contribution >= 4 is 11.9 Å². The van der Waals surface area contributed by atoms with Crippen LogP contribution in [-0.2, 0) is 9.59 Å². The number of hydrogen-bond acceptors (Lipinski definition) is 3. The van der Waals surface area contributed by atoms with E-state index in [1.807, 2.05) is 0 Å². The highest BCUT2D eigenvalue weighted by molar-refractivity contribution is 5.86. The standard InChI is InChI=1S/C23H43NO4/c1-2-3-4-5-6-7-8-9-10-11-12-13-14-15-16-18-21(25)24-20-17-19-23(24,28)22(26)27/h28H,2-20H2,1H3,(H,26,27). The molecule has 1 saturated heterocycles. The number of carbonyl (C=O) groups is 2. The number of amides is 1. The monoisotopic (exact) mass is 397 g/mol. The summed E-state index contributed by atoms with van der Waals surface area (Å²) < 4.78 is 0. The van der Waals surface area contributed by atoms with Crippen LogP contribution in [0.25, 0.3) is 0 Å². The third-order valence-corrected chi connectivity index (χ3v) is 5.99. The van der Waals surface area contributed by atoms with Crippen LogP contribution in [0.15, 0.2) is 0 Å². The molecule has 0 radical (unpaired) electrons. The van der Waals surface area contributed by atoms with Crippen molar-refractivity contribution in [1.82, 2.24) is 4.90 Å². The van der Waals surface area contributed by atoms with Gasteiger partial charge in [0.2, 0.25) is 11.6 Å².